The molecule has 4 unspecified atom stereocenters. The van der Waals surface area contributed by atoms with Crippen LogP contribution in [0.2, 0.25) is 5.02 Å². The summed E-state index contributed by atoms with van der Waals surface area (Å²) < 4.78 is 13.2. The van der Waals surface area contributed by atoms with E-state index in [1.807, 2.05) is 0 Å². The topological polar surface area (TPSA) is 50.1 Å². The highest BCUT2D eigenvalue weighted by Gasteiger charge is 2.40. The van der Waals surface area contributed by atoms with Gasteiger partial charge in [0.25, 0.3) is 0 Å². The molecule has 1 saturated carbocycles. The van der Waals surface area contributed by atoms with E-state index in [0.29, 0.717) is 12.0 Å². The Kier molecular flexibility index (Phi) is 3.28. The van der Waals surface area contributed by atoms with E-state index >= 15 is 0 Å². The average molecular weight is 270 g/mol. The van der Waals surface area contributed by atoms with Crippen LogP contribution in [0.25, 0.3) is 0 Å². The lowest BCUT2D eigenvalue weighted by molar-refractivity contribution is 0.281. The zero-order chi connectivity index (χ0) is 12.7. The van der Waals surface area contributed by atoms with Gasteiger partial charge in [-0.05, 0) is 42.9 Å². The number of fused-ring (bicyclic) bond motifs is 1. The standard InChI is InChI=1S/C13H17ClFN3/c14-10-5-7(1-4-11(10)15)13-9-3-2-8(16)6-12(9)17-18-13/h1,4-5,8-9,12-13,17-18H,2-3,6,16H2. The first-order chi connectivity index (χ1) is 8.65. The molecule has 1 aromatic rings. The third-order valence-electron chi connectivity index (χ3n) is 4.10. The van der Waals surface area contributed by atoms with Crippen LogP contribution in [0.15, 0.2) is 18.2 Å². The number of halogens is 2. The van der Waals surface area contributed by atoms with Crippen molar-refractivity contribution in [2.75, 3.05) is 0 Å². The summed E-state index contributed by atoms with van der Waals surface area (Å²) in [6.07, 6.45) is 3.13. The molecular weight excluding hydrogens is 253 g/mol. The summed E-state index contributed by atoms with van der Waals surface area (Å²) in [6.45, 7) is 0. The van der Waals surface area contributed by atoms with Crippen molar-refractivity contribution < 1.29 is 4.39 Å². The van der Waals surface area contributed by atoms with Crippen LogP contribution in [-0.2, 0) is 0 Å². The van der Waals surface area contributed by atoms with Gasteiger partial charge in [0.15, 0.2) is 0 Å². The van der Waals surface area contributed by atoms with Crippen molar-refractivity contribution in [3.8, 4) is 0 Å². The first kappa shape index (κ1) is 12.4. The van der Waals surface area contributed by atoms with Crippen LogP contribution in [-0.4, -0.2) is 12.1 Å². The van der Waals surface area contributed by atoms with E-state index in [4.69, 9.17) is 17.3 Å². The van der Waals surface area contributed by atoms with Crippen molar-refractivity contribution in [1.82, 2.24) is 10.9 Å². The molecule has 1 aliphatic carbocycles. The predicted octanol–water partition coefficient (Wildman–Crippen LogP) is 2.12. The van der Waals surface area contributed by atoms with Gasteiger partial charge in [-0.3, -0.25) is 5.43 Å². The maximum Gasteiger partial charge on any atom is 0.141 e. The van der Waals surface area contributed by atoms with E-state index in [1.165, 1.54) is 6.07 Å². The van der Waals surface area contributed by atoms with Gasteiger partial charge in [-0.1, -0.05) is 17.7 Å². The molecule has 5 heteroatoms. The first-order valence-electron chi connectivity index (χ1n) is 6.37. The van der Waals surface area contributed by atoms with Gasteiger partial charge < -0.3 is 5.73 Å². The zero-order valence-electron chi connectivity index (χ0n) is 10.00. The molecule has 1 aromatic carbocycles. The quantitative estimate of drug-likeness (QED) is 0.732. The molecule has 3 nitrogen and oxygen atoms in total. The molecule has 98 valence electrons. The molecular formula is C13H17ClFN3. The number of hydrazine groups is 1. The maximum atomic E-state index is 13.2. The Hall–Kier alpha value is -0.680. The Morgan fingerprint density at radius 1 is 1.28 bits per heavy atom. The smallest absolute Gasteiger partial charge is 0.141 e. The molecule has 4 N–H and O–H groups in total. The van der Waals surface area contributed by atoms with E-state index in [9.17, 15) is 4.39 Å². The zero-order valence-corrected chi connectivity index (χ0v) is 10.8. The largest absolute Gasteiger partial charge is 0.328 e. The summed E-state index contributed by atoms with van der Waals surface area (Å²) in [7, 11) is 0. The predicted molar refractivity (Wildman–Crippen MR) is 69.5 cm³/mol. The number of hydrogen-bond donors (Lipinski definition) is 3. The number of rotatable bonds is 1. The number of nitrogens with one attached hydrogen (secondary N) is 2. The summed E-state index contributed by atoms with van der Waals surface area (Å²) >= 11 is 5.85. The third kappa shape index (κ3) is 2.14. The van der Waals surface area contributed by atoms with Gasteiger partial charge in [0.1, 0.15) is 5.82 Å². The Labute approximate surface area is 111 Å². The van der Waals surface area contributed by atoms with E-state index in [-0.39, 0.29) is 22.9 Å². The lowest BCUT2D eigenvalue weighted by Crippen LogP contribution is -2.41. The van der Waals surface area contributed by atoms with E-state index in [2.05, 4.69) is 10.9 Å². The van der Waals surface area contributed by atoms with Gasteiger partial charge in [0, 0.05) is 12.1 Å². The van der Waals surface area contributed by atoms with Gasteiger partial charge in [-0.15, -0.1) is 0 Å². The van der Waals surface area contributed by atoms with Crippen molar-refractivity contribution in [2.45, 2.75) is 37.4 Å². The average Bonchev–Trinajstić information content (AvgIpc) is 2.75. The van der Waals surface area contributed by atoms with Crippen molar-refractivity contribution in [2.24, 2.45) is 11.7 Å². The Morgan fingerprint density at radius 3 is 2.89 bits per heavy atom. The van der Waals surface area contributed by atoms with Crippen LogP contribution >= 0.6 is 11.6 Å². The van der Waals surface area contributed by atoms with Crippen LogP contribution in [0, 0.1) is 11.7 Å². The van der Waals surface area contributed by atoms with Crippen molar-refractivity contribution in [3.63, 3.8) is 0 Å². The van der Waals surface area contributed by atoms with Gasteiger partial charge in [-0.25, -0.2) is 9.82 Å². The molecule has 1 aliphatic heterocycles. The minimum Gasteiger partial charge on any atom is -0.328 e. The highest BCUT2D eigenvalue weighted by atomic mass is 35.5. The molecule has 3 rings (SSSR count). The third-order valence-corrected chi connectivity index (χ3v) is 4.39. The molecule has 0 amide bonds. The second-order valence-electron chi connectivity index (χ2n) is 5.28. The molecule has 2 aliphatic rings. The van der Waals surface area contributed by atoms with Crippen LogP contribution in [0.5, 0.6) is 0 Å². The molecule has 1 saturated heterocycles. The molecule has 0 aromatic heterocycles. The second kappa shape index (κ2) is 4.78. The molecule has 18 heavy (non-hydrogen) atoms. The van der Waals surface area contributed by atoms with Crippen molar-refractivity contribution in [1.29, 1.82) is 0 Å². The number of benzene rings is 1. The monoisotopic (exact) mass is 269 g/mol. The highest BCUT2D eigenvalue weighted by molar-refractivity contribution is 6.30. The summed E-state index contributed by atoms with van der Waals surface area (Å²) in [5, 5.41) is 0.185. The fourth-order valence-corrected chi connectivity index (χ4v) is 3.32. The first-order valence-corrected chi connectivity index (χ1v) is 6.74. The normalized spacial score (nSPS) is 35.5. The van der Waals surface area contributed by atoms with Crippen LogP contribution in [0.3, 0.4) is 0 Å². The molecule has 0 bridgehead atoms. The summed E-state index contributed by atoms with van der Waals surface area (Å²) in [4.78, 5) is 0. The Morgan fingerprint density at radius 2 is 2.11 bits per heavy atom. The van der Waals surface area contributed by atoms with Gasteiger partial charge in [-0.2, -0.15) is 0 Å². The molecule has 2 fully saturated rings. The summed E-state index contributed by atoms with van der Waals surface area (Å²) in [5.74, 6) is 0.139. The Balaban J connectivity index is 1.82. The molecule has 1 heterocycles. The minimum atomic E-state index is -0.367. The fourth-order valence-electron chi connectivity index (χ4n) is 3.13. The summed E-state index contributed by atoms with van der Waals surface area (Å²) in [6, 6.07) is 5.84. The highest BCUT2D eigenvalue weighted by Crippen LogP contribution is 2.38. The van der Waals surface area contributed by atoms with E-state index in [1.54, 1.807) is 12.1 Å². The van der Waals surface area contributed by atoms with Crippen LogP contribution in [0.4, 0.5) is 4.39 Å². The minimum absolute atomic E-state index is 0.185. The van der Waals surface area contributed by atoms with E-state index < -0.39 is 0 Å². The van der Waals surface area contributed by atoms with Gasteiger partial charge in [0.05, 0.1) is 11.1 Å². The molecule has 4 atom stereocenters. The van der Waals surface area contributed by atoms with Gasteiger partial charge >= 0.3 is 0 Å². The van der Waals surface area contributed by atoms with Crippen LogP contribution < -0.4 is 16.6 Å². The number of nitrogens with two attached hydrogens (primary N) is 1. The number of hydrogen-bond acceptors (Lipinski definition) is 3. The van der Waals surface area contributed by atoms with Crippen LogP contribution in [0.1, 0.15) is 30.9 Å². The second-order valence-corrected chi connectivity index (χ2v) is 5.69. The SMILES string of the molecule is NC1CCC2C(C1)NNC2c1ccc(F)c(Cl)c1. The fraction of sp³-hybridized carbons (Fsp3) is 0.538. The maximum absolute atomic E-state index is 13.2. The molecule has 0 radical (unpaired) electrons. The van der Waals surface area contributed by atoms with Crippen molar-refractivity contribution >= 4 is 11.6 Å². The molecule has 0 spiro atoms. The van der Waals surface area contributed by atoms with E-state index in [0.717, 1.165) is 24.8 Å². The lowest BCUT2D eigenvalue weighted by Gasteiger charge is -2.31. The summed E-state index contributed by atoms with van der Waals surface area (Å²) in [5.41, 5.74) is 13.6. The van der Waals surface area contributed by atoms with Crippen molar-refractivity contribution in [3.05, 3.63) is 34.6 Å². The Bertz CT molecular complexity index is 454. The lowest BCUT2D eigenvalue weighted by atomic mass is 9.78. The van der Waals surface area contributed by atoms with Gasteiger partial charge in [0.2, 0.25) is 0 Å².